The Balaban J connectivity index is 1.54. The van der Waals surface area contributed by atoms with Gasteiger partial charge in [-0.05, 0) is 67.4 Å². The standard InChI is InChI=1S/C23H23NO3/c1-17-11-12-20(15-18(17)2)24-23(25)19-7-6-10-22(16-19)27-14-13-26-21-8-4-3-5-9-21/h3-12,15-16H,13-14H2,1-2H3,(H,24,25). The molecule has 0 unspecified atom stereocenters. The summed E-state index contributed by atoms with van der Waals surface area (Å²) in [6.07, 6.45) is 0. The van der Waals surface area contributed by atoms with Crippen molar-refractivity contribution in [3.8, 4) is 11.5 Å². The Morgan fingerprint density at radius 2 is 1.48 bits per heavy atom. The number of aryl methyl sites for hydroxylation is 2. The summed E-state index contributed by atoms with van der Waals surface area (Å²) in [4.78, 5) is 12.5. The van der Waals surface area contributed by atoms with Crippen LogP contribution in [0.25, 0.3) is 0 Å². The van der Waals surface area contributed by atoms with E-state index >= 15 is 0 Å². The molecule has 3 rings (SSSR count). The SMILES string of the molecule is Cc1ccc(NC(=O)c2cccc(OCCOc3ccccc3)c2)cc1C. The fraction of sp³-hybridized carbons (Fsp3) is 0.174. The Morgan fingerprint density at radius 3 is 2.22 bits per heavy atom. The molecule has 0 atom stereocenters. The number of anilines is 1. The highest BCUT2D eigenvalue weighted by molar-refractivity contribution is 6.04. The first-order chi connectivity index (χ1) is 13.1. The van der Waals surface area contributed by atoms with Gasteiger partial charge in [0.25, 0.3) is 5.91 Å². The van der Waals surface area contributed by atoms with Crippen LogP contribution in [0.1, 0.15) is 21.5 Å². The summed E-state index contributed by atoms with van der Waals surface area (Å²) in [5, 5.41) is 2.92. The first kappa shape index (κ1) is 18.5. The third kappa shape index (κ3) is 5.35. The third-order valence-electron chi connectivity index (χ3n) is 4.22. The molecular formula is C23H23NO3. The number of carbonyl (C=O) groups excluding carboxylic acids is 1. The van der Waals surface area contributed by atoms with E-state index in [2.05, 4.69) is 5.32 Å². The quantitative estimate of drug-likeness (QED) is 0.602. The predicted molar refractivity (Wildman–Crippen MR) is 108 cm³/mol. The Labute approximate surface area is 159 Å². The number of nitrogens with one attached hydrogen (secondary N) is 1. The number of benzene rings is 3. The zero-order valence-electron chi connectivity index (χ0n) is 15.6. The highest BCUT2D eigenvalue weighted by Crippen LogP contribution is 2.18. The predicted octanol–water partition coefficient (Wildman–Crippen LogP) is 5.01. The lowest BCUT2D eigenvalue weighted by molar-refractivity contribution is 0.102. The molecule has 4 heteroatoms. The van der Waals surface area contributed by atoms with E-state index in [1.807, 2.05) is 74.5 Å². The van der Waals surface area contributed by atoms with Gasteiger partial charge < -0.3 is 14.8 Å². The molecule has 0 spiro atoms. The summed E-state index contributed by atoms with van der Waals surface area (Å²) in [5.74, 6) is 1.28. The third-order valence-corrected chi connectivity index (χ3v) is 4.22. The van der Waals surface area contributed by atoms with Gasteiger partial charge in [-0.15, -0.1) is 0 Å². The van der Waals surface area contributed by atoms with Crippen molar-refractivity contribution in [2.45, 2.75) is 13.8 Å². The second-order valence-electron chi connectivity index (χ2n) is 6.29. The minimum absolute atomic E-state index is 0.163. The number of carbonyl (C=O) groups is 1. The van der Waals surface area contributed by atoms with Crippen molar-refractivity contribution in [1.29, 1.82) is 0 Å². The van der Waals surface area contributed by atoms with Crippen molar-refractivity contribution in [3.05, 3.63) is 89.5 Å². The molecule has 1 amide bonds. The largest absolute Gasteiger partial charge is 0.490 e. The molecule has 0 aliphatic heterocycles. The Bertz CT molecular complexity index is 907. The minimum atomic E-state index is -0.163. The second kappa shape index (κ2) is 8.90. The monoisotopic (exact) mass is 361 g/mol. The molecule has 1 N–H and O–H groups in total. The fourth-order valence-electron chi connectivity index (χ4n) is 2.59. The van der Waals surface area contributed by atoms with E-state index in [1.54, 1.807) is 12.1 Å². The van der Waals surface area contributed by atoms with Gasteiger partial charge in [0, 0.05) is 11.3 Å². The molecule has 3 aromatic rings. The summed E-state index contributed by atoms with van der Waals surface area (Å²) in [6, 6.07) is 22.6. The second-order valence-corrected chi connectivity index (χ2v) is 6.29. The van der Waals surface area contributed by atoms with Gasteiger partial charge in [0.05, 0.1) is 0 Å². The average Bonchev–Trinajstić information content (AvgIpc) is 2.69. The molecule has 0 heterocycles. The molecular weight excluding hydrogens is 338 g/mol. The van der Waals surface area contributed by atoms with Crippen LogP contribution in [0.5, 0.6) is 11.5 Å². The molecule has 0 radical (unpaired) electrons. The van der Waals surface area contributed by atoms with Crippen LogP contribution in [0.2, 0.25) is 0 Å². The van der Waals surface area contributed by atoms with Crippen LogP contribution in [0.3, 0.4) is 0 Å². The maximum Gasteiger partial charge on any atom is 0.255 e. The first-order valence-corrected chi connectivity index (χ1v) is 8.91. The maximum absolute atomic E-state index is 12.5. The molecule has 0 aliphatic rings. The summed E-state index contributed by atoms with van der Waals surface area (Å²) in [5.41, 5.74) is 3.67. The van der Waals surface area contributed by atoms with Gasteiger partial charge in [0.1, 0.15) is 24.7 Å². The molecule has 0 saturated heterocycles. The number of rotatable bonds is 7. The van der Waals surface area contributed by atoms with E-state index in [1.165, 1.54) is 5.56 Å². The van der Waals surface area contributed by atoms with Crippen molar-refractivity contribution in [2.24, 2.45) is 0 Å². The van der Waals surface area contributed by atoms with Crippen LogP contribution in [-0.4, -0.2) is 19.1 Å². The van der Waals surface area contributed by atoms with Crippen LogP contribution in [-0.2, 0) is 0 Å². The van der Waals surface area contributed by atoms with Crippen molar-refractivity contribution in [1.82, 2.24) is 0 Å². The Morgan fingerprint density at radius 1 is 0.778 bits per heavy atom. The van der Waals surface area contributed by atoms with Gasteiger partial charge in [0.15, 0.2) is 0 Å². The van der Waals surface area contributed by atoms with Crippen LogP contribution in [0.4, 0.5) is 5.69 Å². The van der Waals surface area contributed by atoms with Crippen LogP contribution in [0, 0.1) is 13.8 Å². The lowest BCUT2D eigenvalue weighted by Gasteiger charge is -2.10. The average molecular weight is 361 g/mol. The Hall–Kier alpha value is -3.27. The van der Waals surface area contributed by atoms with Crippen molar-refractivity contribution < 1.29 is 14.3 Å². The first-order valence-electron chi connectivity index (χ1n) is 8.91. The number of amides is 1. The molecule has 27 heavy (non-hydrogen) atoms. The van der Waals surface area contributed by atoms with Gasteiger partial charge >= 0.3 is 0 Å². The smallest absolute Gasteiger partial charge is 0.255 e. The number of para-hydroxylation sites is 1. The van der Waals surface area contributed by atoms with E-state index in [0.717, 1.165) is 17.0 Å². The summed E-state index contributed by atoms with van der Waals surface area (Å²) in [6.45, 7) is 4.90. The van der Waals surface area contributed by atoms with Crippen LogP contribution < -0.4 is 14.8 Å². The molecule has 138 valence electrons. The molecule has 0 aliphatic carbocycles. The van der Waals surface area contributed by atoms with Gasteiger partial charge in [-0.1, -0.05) is 30.3 Å². The molecule has 3 aromatic carbocycles. The van der Waals surface area contributed by atoms with Gasteiger partial charge in [-0.25, -0.2) is 0 Å². The lowest BCUT2D eigenvalue weighted by atomic mass is 10.1. The fourth-order valence-corrected chi connectivity index (χ4v) is 2.59. The van der Waals surface area contributed by atoms with Crippen LogP contribution >= 0.6 is 0 Å². The van der Waals surface area contributed by atoms with Gasteiger partial charge in [-0.3, -0.25) is 4.79 Å². The Kier molecular flexibility index (Phi) is 6.10. The highest BCUT2D eigenvalue weighted by atomic mass is 16.5. The number of hydrogen-bond donors (Lipinski definition) is 1. The topological polar surface area (TPSA) is 47.6 Å². The maximum atomic E-state index is 12.5. The highest BCUT2D eigenvalue weighted by Gasteiger charge is 2.08. The van der Waals surface area contributed by atoms with Crippen molar-refractivity contribution in [3.63, 3.8) is 0 Å². The van der Waals surface area contributed by atoms with E-state index in [9.17, 15) is 4.79 Å². The normalized spacial score (nSPS) is 10.3. The van der Waals surface area contributed by atoms with Gasteiger partial charge in [-0.2, -0.15) is 0 Å². The van der Waals surface area contributed by atoms with E-state index in [4.69, 9.17) is 9.47 Å². The van der Waals surface area contributed by atoms with E-state index in [0.29, 0.717) is 24.5 Å². The van der Waals surface area contributed by atoms with Crippen molar-refractivity contribution in [2.75, 3.05) is 18.5 Å². The molecule has 0 aromatic heterocycles. The molecule has 0 fully saturated rings. The minimum Gasteiger partial charge on any atom is -0.490 e. The van der Waals surface area contributed by atoms with Crippen LogP contribution in [0.15, 0.2) is 72.8 Å². The molecule has 4 nitrogen and oxygen atoms in total. The summed E-state index contributed by atoms with van der Waals surface area (Å²) >= 11 is 0. The van der Waals surface area contributed by atoms with E-state index in [-0.39, 0.29) is 5.91 Å². The van der Waals surface area contributed by atoms with Gasteiger partial charge in [0.2, 0.25) is 0 Å². The number of ether oxygens (including phenoxy) is 2. The zero-order chi connectivity index (χ0) is 19.1. The molecule has 0 bridgehead atoms. The van der Waals surface area contributed by atoms with Crippen molar-refractivity contribution >= 4 is 11.6 Å². The zero-order valence-corrected chi connectivity index (χ0v) is 15.6. The summed E-state index contributed by atoms with van der Waals surface area (Å²) < 4.78 is 11.3. The number of hydrogen-bond acceptors (Lipinski definition) is 3. The molecule has 0 saturated carbocycles. The lowest BCUT2D eigenvalue weighted by Crippen LogP contribution is -2.13. The summed E-state index contributed by atoms with van der Waals surface area (Å²) in [7, 11) is 0. The van der Waals surface area contributed by atoms with E-state index < -0.39 is 0 Å².